The van der Waals surface area contributed by atoms with Crippen molar-refractivity contribution in [1.29, 1.82) is 0 Å². The van der Waals surface area contributed by atoms with Crippen molar-refractivity contribution < 1.29 is 9.53 Å². The van der Waals surface area contributed by atoms with Crippen molar-refractivity contribution in [1.82, 2.24) is 0 Å². The van der Waals surface area contributed by atoms with Gasteiger partial charge in [0.15, 0.2) is 0 Å². The molecule has 1 heterocycles. The van der Waals surface area contributed by atoms with Gasteiger partial charge in [-0.05, 0) is 40.5 Å². The van der Waals surface area contributed by atoms with Crippen molar-refractivity contribution in [3.8, 4) is 5.75 Å². The topological polar surface area (TPSA) is 55.6 Å². The van der Waals surface area contributed by atoms with Crippen LogP contribution in [0.3, 0.4) is 0 Å². The van der Waals surface area contributed by atoms with E-state index in [1.54, 1.807) is 24.1 Å². The number of hydrogen-bond donors (Lipinski definition) is 1. The molecule has 1 saturated heterocycles. The summed E-state index contributed by atoms with van der Waals surface area (Å²) in [6.07, 6.45) is 0.480. The van der Waals surface area contributed by atoms with E-state index in [2.05, 4.69) is 15.9 Å². The first kappa shape index (κ1) is 13.6. The third-order valence-corrected chi connectivity index (χ3v) is 4.25. The largest absolute Gasteiger partial charge is 0.495 e. The molecule has 1 atom stereocenters. The Morgan fingerprint density at radius 3 is 2.89 bits per heavy atom. The highest BCUT2D eigenvalue weighted by atomic mass is 79.9. The molecule has 2 N–H and O–H groups in total. The summed E-state index contributed by atoms with van der Waals surface area (Å²) in [5, 5.41) is 0.551. The predicted octanol–water partition coefficient (Wildman–Crippen LogP) is 2.42. The lowest BCUT2D eigenvalue weighted by Gasteiger charge is -2.20. The Bertz CT molecular complexity index is 481. The number of amides is 1. The van der Waals surface area contributed by atoms with Gasteiger partial charge in [0.05, 0.1) is 17.8 Å². The molecule has 1 aromatic rings. The molecule has 1 unspecified atom stereocenters. The van der Waals surface area contributed by atoms with Gasteiger partial charge in [-0.2, -0.15) is 0 Å². The number of halogens is 2. The van der Waals surface area contributed by atoms with Gasteiger partial charge in [-0.15, -0.1) is 0 Å². The van der Waals surface area contributed by atoms with Crippen molar-refractivity contribution in [2.24, 2.45) is 11.7 Å². The minimum Gasteiger partial charge on any atom is -0.495 e. The van der Waals surface area contributed by atoms with Gasteiger partial charge in [-0.1, -0.05) is 11.6 Å². The maximum absolute atomic E-state index is 12.0. The average molecular weight is 334 g/mol. The van der Waals surface area contributed by atoms with E-state index in [-0.39, 0.29) is 11.8 Å². The molecule has 0 bridgehead atoms. The fourth-order valence-corrected chi connectivity index (χ4v) is 2.55. The summed E-state index contributed by atoms with van der Waals surface area (Å²) in [7, 11) is 1.57. The van der Waals surface area contributed by atoms with Crippen molar-refractivity contribution in [2.75, 3.05) is 25.1 Å². The van der Waals surface area contributed by atoms with Crippen LogP contribution in [0.2, 0.25) is 5.02 Å². The fraction of sp³-hybridized carbons (Fsp3) is 0.417. The number of methoxy groups -OCH3 is 1. The zero-order valence-electron chi connectivity index (χ0n) is 9.95. The van der Waals surface area contributed by atoms with Crippen LogP contribution in [0.5, 0.6) is 5.75 Å². The highest BCUT2D eigenvalue weighted by Crippen LogP contribution is 2.38. The number of benzene rings is 1. The molecule has 1 aliphatic rings. The number of anilines is 1. The minimum atomic E-state index is 0.0575. The summed E-state index contributed by atoms with van der Waals surface area (Å²) in [5.41, 5.74) is 6.32. The van der Waals surface area contributed by atoms with Gasteiger partial charge in [-0.25, -0.2) is 0 Å². The lowest BCUT2D eigenvalue weighted by molar-refractivity contribution is -0.117. The number of hydrogen-bond acceptors (Lipinski definition) is 3. The van der Waals surface area contributed by atoms with Crippen LogP contribution in [0.1, 0.15) is 6.42 Å². The Morgan fingerprint density at radius 2 is 2.33 bits per heavy atom. The Morgan fingerprint density at radius 1 is 1.61 bits per heavy atom. The normalized spacial score (nSPS) is 19.4. The molecule has 1 amide bonds. The molecule has 1 aliphatic heterocycles. The van der Waals surface area contributed by atoms with Crippen LogP contribution < -0.4 is 15.4 Å². The quantitative estimate of drug-likeness (QED) is 0.924. The molecule has 0 radical (unpaired) electrons. The smallest absolute Gasteiger partial charge is 0.227 e. The van der Waals surface area contributed by atoms with E-state index in [9.17, 15) is 4.79 Å². The van der Waals surface area contributed by atoms with Gasteiger partial charge < -0.3 is 15.4 Å². The number of nitrogens with zero attached hydrogens (tertiary/aromatic N) is 1. The first-order valence-electron chi connectivity index (χ1n) is 5.60. The van der Waals surface area contributed by atoms with Gasteiger partial charge in [0.25, 0.3) is 0 Å². The summed E-state index contributed by atoms with van der Waals surface area (Å²) in [6.45, 7) is 1.12. The molecular weight excluding hydrogens is 320 g/mol. The van der Waals surface area contributed by atoms with E-state index in [0.717, 1.165) is 4.47 Å². The molecule has 18 heavy (non-hydrogen) atoms. The maximum Gasteiger partial charge on any atom is 0.227 e. The number of carbonyl (C=O) groups excluding carboxylic acids is 1. The second kappa shape index (κ2) is 5.47. The molecule has 0 saturated carbocycles. The Labute approximate surface area is 119 Å². The zero-order valence-corrected chi connectivity index (χ0v) is 12.3. The SMILES string of the molecule is COc1cc(Br)c(Cl)cc1N1CC(CN)CC1=O. The summed E-state index contributed by atoms with van der Waals surface area (Å²) in [4.78, 5) is 13.7. The summed E-state index contributed by atoms with van der Waals surface area (Å²) < 4.78 is 6.04. The highest BCUT2D eigenvalue weighted by molar-refractivity contribution is 9.10. The van der Waals surface area contributed by atoms with Crippen LogP contribution in [-0.2, 0) is 4.79 Å². The lowest BCUT2D eigenvalue weighted by Crippen LogP contribution is -2.26. The first-order chi connectivity index (χ1) is 8.56. The van der Waals surface area contributed by atoms with Gasteiger partial charge in [0.1, 0.15) is 5.75 Å². The number of carbonyl (C=O) groups is 1. The lowest BCUT2D eigenvalue weighted by atomic mass is 10.1. The van der Waals surface area contributed by atoms with Crippen LogP contribution in [0.25, 0.3) is 0 Å². The number of ether oxygens (including phenoxy) is 1. The van der Waals surface area contributed by atoms with Crippen molar-refractivity contribution >= 4 is 39.1 Å². The molecule has 2 rings (SSSR count). The van der Waals surface area contributed by atoms with E-state index in [0.29, 0.717) is 36.0 Å². The van der Waals surface area contributed by atoms with Crippen LogP contribution in [-0.4, -0.2) is 26.1 Å². The van der Waals surface area contributed by atoms with Crippen LogP contribution in [0, 0.1) is 5.92 Å². The molecular formula is C12H14BrClN2O2. The zero-order chi connectivity index (χ0) is 13.3. The summed E-state index contributed by atoms with van der Waals surface area (Å²) >= 11 is 9.41. The maximum atomic E-state index is 12.0. The second-order valence-electron chi connectivity index (χ2n) is 4.25. The molecule has 0 aromatic heterocycles. The van der Waals surface area contributed by atoms with Crippen molar-refractivity contribution in [3.05, 3.63) is 21.6 Å². The molecule has 4 nitrogen and oxygen atoms in total. The Balaban J connectivity index is 2.38. The predicted molar refractivity (Wildman–Crippen MR) is 75.2 cm³/mol. The van der Waals surface area contributed by atoms with E-state index in [1.165, 1.54) is 0 Å². The fourth-order valence-electron chi connectivity index (χ4n) is 2.06. The van der Waals surface area contributed by atoms with Gasteiger partial charge >= 0.3 is 0 Å². The Kier molecular flexibility index (Phi) is 4.14. The third kappa shape index (κ3) is 2.48. The van der Waals surface area contributed by atoms with E-state index in [4.69, 9.17) is 22.1 Å². The van der Waals surface area contributed by atoms with Crippen LogP contribution in [0.4, 0.5) is 5.69 Å². The monoisotopic (exact) mass is 332 g/mol. The summed E-state index contributed by atoms with van der Waals surface area (Å²) in [5.74, 6) is 0.879. The van der Waals surface area contributed by atoms with Crippen LogP contribution >= 0.6 is 27.5 Å². The number of nitrogens with two attached hydrogens (primary N) is 1. The molecule has 0 spiro atoms. The number of rotatable bonds is 3. The molecule has 98 valence electrons. The van der Waals surface area contributed by atoms with E-state index < -0.39 is 0 Å². The van der Waals surface area contributed by atoms with Crippen molar-refractivity contribution in [2.45, 2.75) is 6.42 Å². The first-order valence-corrected chi connectivity index (χ1v) is 6.77. The van der Waals surface area contributed by atoms with Gasteiger partial charge in [0, 0.05) is 17.4 Å². The highest BCUT2D eigenvalue weighted by Gasteiger charge is 2.31. The summed E-state index contributed by atoms with van der Waals surface area (Å²) in [6, 6.07) is 3.50. The van der Waals surface area contributed by atoms with E-state index >= 15 is 0 Å². The standard InChI is InChI=1S/C12H14BrClN2O2/c1-18-11-3-8(13)9(14)4-10(11)16-6-7(5-15)2-12(16)17/h3-4,7H,2,5-6,15H2,1H3. The Hall–Kier alpha value is -0.780. The van der Waals surface area contributed by atoms with E-state index in [1.807, 2.05) is 0 Å². The van der Waals surface area contributed by atoms with Crippen molar-refractivity contribution in [3.63, 3.8) is 0 Å². The molecule has 1 aromatic carbocycles. The molecule has 0 aliphatic carbocycles. The molecule has 1 fully saturated rings. The average Bonchev–Trinajstić information content (AvgIpc) is 2.73. The minimum absolute atomic E-state index is 0.0575. The van der Waals surface area contributed by atoms with Gasteiger partial charge in [0.2, 0.25) is 5.91 Å². The molecule has 6 heteroatoms. The van der Waals surface area contributed by atoms with Gasteiger partial charge in [-0.3, -0.25) is 4.79 Å². The third-order valence-electron chi connectivity index (χ3n) is 3.05. The second-order valence-corrected chi connectivity index (χ2v) is 5.51. The van der Waals surface area contributed by atoms with Crippen LogP contribution in [0.15, 0.2) is 16.6 Å².